The molecule has 0 N–H and O–H groups in total. The summed E-state index contributed by atoms with van der Waals surface area (Å²) in [6.45, 7) is 4.58. The normalized spacial score (nSPS) is 11.9. The largest absolute Gasteiger partial charge is 0.0882 e. The molecule has 0 heteroatoms. The maximum atomic E-state index is 2.39. The minimum atomic E-state index is 1.13. The van der Waals surface area contributed by atoms with Gasteiger partial charge in [0.2, 0.25) is 0 Å². The number of hydrogen-bond donors (Lipinski definition) is 0. The van der Waals surface area contributed by atoms with Gasteiger partial charge in [0.25, 0.3) is 0 Å². The van der Waals surface area contributed by atoms with E-state index in [0.717, 1.165) is 6.42 Å². The lowest BCUT2D eigenvalue weighted by Gasteiger charge is -2.02. The fourth-order valence-corrected chi connectivity index (χ4v) is 3.65. The highest BCUT2D eigenvalue weighted by Gasteiger charge is 1.93. The summed E-state index contributed by atoms with van der Waals surface area (Å²) in [6.07, 6.45) is 38.9. The van der Waals surface area contributed by atoms with Crippen LogP contribution in [0.2, 0.25) is 0 Å². The van der Waals surface area contributed by atoms with Crippen LogP contribution in [0.1, 0.15) is 149 Å². The Hall–Kier alpha value is -0.520. The molecule has 0 unspecified atom stereocenters. The lowest BCUT2D eigenvalue weighted by molar-refractivity contribution is 0.545. The quantitative estimate of drug-likeness (QED) is 0.130. The minimum Gasteiger partial charge on any atom is -0.0882 e. The Bertz CT molecular complexity index is 299. The van der Waals surface area contributed by atoms with Crippen molar-refractivity contribution in [1.82, 2.24) is 0 Å². The van der Waals surface area contributed by atoms with E-state index in [1.54, 1.807) is 0 Å². The van der Waals surface area contributed by atoms with Gasteiger partial charge in [-0.05, 0) is 32.1 Å². The molecule has 0 aromatic carbocycles. The second kappa shape index (κ2) is 25.5. The van der Waals surface area contributed by atoms with Crippen LogP contribution in [0.4, 0.5) is 0 Å². The van der Waals surface area contributed by atoms with E-state index in [1.165, 1.54) is 128 Å². The van der Waals surface area contributed by atoms with E-state index in [-0.39, 0.29) is 0 Å². The number of rotatable bonds is 22. The molecule has 27 heavy (non-hydrogen) atoms. The van der Waals surface area contributed by atoms with Gasteiger partial charge in [-0.25, -0.2) is 0 Å². The van der Waals surface area contributed by atoms with Gasteiger partial charge in [-0.15, -0.1) is 0 Å². The molecule has 0 saturated carbocycles. The van der Waals surface area contributed by atoms with Gasteiger partial charge in [-0.3, -0.25) is 0 Å². The zero-order valence-electron chi connectivity index (χ0n) is 19.2. The van der Waals surface area contributed by atoms with Crippen LogP contribution in [0.5, 0.6) is 0 Å². The monoisotopic (exact) mass is 376 g/mol. The molecule has 0 aliphatic carbocycles. The summed E-state index contributed by atoms with van der Waals surface area (Å²) >= 11 is 0. The lowest BCUT2D eigenvalue weighted by Crippen LogP contribution is -1.82. The van der Waals surface area contributed by atoms with Crippen molar-refractivity contribution in [2.24, 2.45) is 0 Å². The zero-order valence-corrected chi connectivity index (χ0v) is 19.2. The third kappa shape index (κ3) is 25.5. The Morgan fingerprint density at radius 1 is 0.333 bits per heavy atom. The maximum absolute atomic E-state index is 2.39. The van der Waals surface area contributed by atoms with Crippen LogP contribution in [-0.4, -0.2) is 0 Å². The van der Waals surface area contributed by atoms with Crippen LogP contribution in [0.3, 0.4) is 0 Å². The Morgan fingerprint density at radius 2 is 0.630 bits per heavy atom. The predicted octanol–water partition coefficient (Wildman–Crippen LogP) is 10.3. The Balaban J connectivity index is 3.13. The molecule has 0 aromatic heterocycles. The van der Waals surface area contributed by atoms with Crippen LogP contribution in [0.15, 0.2) is 24.3 Å². The van der Waals surface area contributed by atoms with Crippen LogP contribution in [-0.2, 0) is 0 Å². The molecule has 0 heterocycles. The van der Waals surface area contributed by atoms with Gasteiger partial charge in [0.15, 0.2) is 0 Å². The molecule has 0 aliphatic heterocycles. The van der Waals surface area contributed by atoms with E-state index < -0.39 is 0 Å². The Morgan fingerprint density at radius 3 is 0.963 bits per heavy atom. The molecule has 0 amide bonds. The maximum Gasteiger partial charge on any atom is -0.0169 e. The van der Waals surface area contributed by atoms with Crippen molar-refractivity contribution >= 4 is 0 Å². The smallest absolute Gasteiger partial charge is 0.0169 e. The number of hydrogen-bond acceptors (Lipinski definition) is 0. The summed E-state index contributed by atoms with van der Waals surface area (Å²) < 4.78 is 0. The first-order valence-electron chi connectivity index (χ1n) is 12.7. The molecule has 0 aliphatic rings. The van der Waals surface area contributed by atoms with Gasteiger partial charge in [-0.1, -0.05) is 141 Å². The van der Waals surface area contributed by atoms with Gasteiger partial charge in [-0.2, -0.15) is 0 Å². The molecular weight excluding hydrogens is 324 g/mol. The topological polar surface area (TPSA) is 0 Å². The van der Waals surface area contributed by atoms with Crippen molar-refractivity contribution in [2.75, 3.05) is 0 Å². The molecule has 0 nitrogen and oxygen atoms in total. The molecule has 0 bridgehead atoms. The highest BCUT2D eigenvalue weighted by Crippen LogP contribution is 2.12. The minimum absolute atomic E-state index is 1.13. The van der Waals surface area contributed by atoms with Gasteiger partial charge in [0.1, 0.15) is 0 Å². The lowest BCUT2D eigenvalue weighted by atomic mass is 10.0. The van der Waals surface area contributed by atoms with Crippen molar-refractivity contribution in [1.29, 1.82) is 0 Å². The van der Waals surface area contributed by atoms with Crippen molar-refractivity contribution in [3.8, 4) is 0 Å². The molecule has 0 aromatic rings. The molecule has 0 rings (SSSR count). The van der Waals surface area contributed by atoms with Gasteiger partial charge < -0.3 is 0 Å². The summed E-state index contributed by atoms with van der Waals surface area (Å²) in [5.41, 5.74) is 0. The van der Waals surface area contributed by atoms with Crippen molar-refractivity contribution in [2.45, 2.75) is 149 Å². The third-order valence-corrected chi connectivity index (χ3v) is 5.55. The highest BCUT2D eigenvalue weighted by molar-refractivity contribution is 4.92. The molecule has 0 fully saturated rings. The highest BCUT2D eigenvalue weighted by atomic mass is 14.0. The SMILES string of the molecule is CCCCCCCC/C=C/C/C=C/CCCCCCCCCCCCCC. The molecule has 160 valence electrons. The first kappa shape index (κ1) is 26.5. The summed E-state index contributed by atoms with van der Waals surface area (Å²) in [5.74, 6) is 0. The van der Waals surface area contributed by atoms with E-state index in [0.29, 0.717) is 0 Å². The Labute approximate surface area is 173 Å². The molecular formula is C27H52. The first-order valence-corrected chi connectivity index (χ1v) is 12.7. The van der Waals surface area contributed by atoms with E-state index in [9.17, 15) is 0 Å². The van der Waals surface area contributed by atoms with Crippen LogP contribution >= 0.6 is 0 Å². The van der Waals surface area contributed by atoms with E-state index in [2.05, 4.69) is 38.2 Å². The number of allylic oxidation sites excluding steroid dienone is 4. The summed E-state index contributed by atoms with van der Waals surface area (Å²) in [4.78, 5) is 0. The molecule has 0 atom stereocenters. The average molecular weight is 377 g/mol. The van der Waals surface area contributed by atoms with E-state index in [4.69, 9.17) is 0 Å². The summed E-state index contributed by atoms with van der Waals surface area (Å²) in [5, 5.41) is 0. The standard InChI is InChI=1S/C27H52/c1-3-5-7-9-11-13-15-17-19-21-23-25-27-26-24-22-20-18-16-14-12-10-8-6-4-2/h17,19,23,25H,3-16,18,20-22,24,26-27H2,1-2H3/b19-17+,25-23+. The van der Waals surface area contributed by atoms with Gasteiger partial charge >= 0.3 is 0 Å². The first-order chi connectivity index (χ1) is 13.4. The van der Waals surface area contributed by atoms with Crippen LogP contribution < -0.4 is 0 Å². The summed E-state index contributed by atoms with van der Waals surface area (Å²) in [7, 11) is 0. The van der Waals surface area contributed by atoms with Gasteiger partial charge in [0, 0.05) is 0 Å². The second-order valence-corrected chi connectivity index (χ2v) is 8.41. The van der Waals surface area contributed by atoms with Crippen molar-refractivity contribution in [3.05, 3.63) is 24.3 Å². The van der Waals surface area contributed by atoms with Crippen LogP contribution in [0.25, 0.3) is 0 Å². The van der Waals surface area contributed by atoms with Crippen molar-refractivity contribution in [3.63, 3.8) is 0 Å². The van der Waals surface area contributed by atoms with Crippen LogP contribution in [0, 0.1) is 0 Å². The predicted molar refractivity (Wildman–Crippen MR) is 127 cm³/mol. The molecule has 0 saturated heterocycles. The van der Waals surface area contributed by atoms with Crippen molar-refractivity contribution < 1.29 is 0 Å². The summed E-state index contributed by atoms with van der Waals surface area (Å²) in [6, 6.07) is 0. The molecule has 0 spiro atoms. The number of unbranched alkanes of at least 4 members (excludes halogenated alkanes) is 18. The van der Waals surface area contributed by atoms with Gasteiger partial charge in [0.05, 0.1) is 0 Å². The fourth-order valence-electron chi connectivity index (χ4n) is 3.65. The van der Waals surface area contributed by atoms with E-state index in [1.807, 2.05) is 0 Å². The third-order valence-electron chi connectivity index (χ3n) is 5.55. The second-order valence-electron chi connectivity index (χ2n) is 8.41. The average Bonchev–Trinajstić information content (AvgIpc) is 2.68. The Kier molecular flexibility index (Phi) is 25.0. The zero-order chi connectivity index (χ0) is 19.7. The van der Waals surface area contributed by atoms with E-state index >= 15 is 0 Å². The molecule has 0 radical (unpaired) electrons. The fraction of sp³-hybridized carbons (Fsp3) is 0.852.